The van der Waals surface area contributed by atoms with Gasteiger partial charge in [-0.2, -0.15) is 31.6 Å². The minimum absolute atomic E-state index is 0. The van der Waals surface area contributed by atoms with Gasteiger partial charge in [0.15, 0.2) is 0 Å². The molecule has 4 aliphatic heterocycles. The molecule has 0 radical (unpaired) electrons. The number of halogens is 3. The van der Waals surface area contributed by atoms with E-state index in [0.717, 1.165) is 77.1 Å². The van der Waals surface area contributed by atoms with Gasteiger partial charge in [-0.3, -0.25) is 0 Å². The first-order valence-electron chi connectivity index (χ1n) is 44.9. The summed E-state index contributed by atoms with van der Waals surface area (Å²) in [6.45, 7) is 55.6. The topological polar surface area (TPSA) is 53.6 Å². The van der Waals surface area contributed by atoms with E-state index >= 15 is 0 Å². The fourth-order valence-electron chi connectivity index (χ4n) is 16.4. The maximum atomic E-state index is 5.22. The maximum absolute atomic E-state index is 5.22. The van der Waals surface area contributed by atoms with Gasteiger partial charge in [0, 0.05) is 94.8 Å². The van der Waals surface area contributed by atoms with Crippen LogP contribution in [0.1, 0.15) is 87.0 Å². The van der Waals surface area contributed by atoms with Crippen molar-refractivity contribution in [1.29, 1.82) is 0 Å². The van der Waals surface area contributed by atoms with Gasteiger partial charge >= 0.3 is 63.9 Å². The van der Waals surface area contributed by atoms with Gasteiger partial charge in [0.25, 0.3) is 0 Å². The molecule has 0 amide bonds. The molecular weight excluding hydrogens is 2040 g/mol. The zero-order valence-electron chi connectivity index (χ0n) is 81.1. The summed E-state index contributed by atoms with van der Waals surface area (Å²) in [7, 11) is 12.6. The third kappa shape index (κ3) is 37.8. The van der Waals surface area contributed by atoms with Crippen molar-refractivity contribution in [1.82, 2.24) is 19.6 Å². The van der Waals surface area contributed by atoms with Gasteiger partial charge in [-0.25, -0.2) is 0 Å². The summed E-state index contributed by atoms with van der Waals surface area (Å²) in [5.74, 6) is 0. The minimum atomic E-state index is -1.53. The van der Waals surface area contributed by atoms with Crippen molar-refractivity contribution in [2.24, 2.45) is 0 Å². The number of hydrogen-bond donors (Lipinski definition) is 0. The van der Waals surface area contributed by atoms with Crippen LogP contribution >= 0.6 is 46.3 Å². The van der Waals surface area contributed by atoms with E-state index < -0.39 is 15.2 Å². The summed E-state index contributed by atoms with van der Waals surface area (Å²) in [6, 6.07) is 103. The van der Waals surface area contributed by atoms with E-state index in [4.69, 9.17) is 36.5 Å². The van der Waals surface area contributed by atoms with E-state index in [1.165, 1.54) is 133 Å². The van der Waals surface area contributed by atoms with Crippen LogP contribution in [0.4, 0.5) is 22.7 Å². The number of hydrogen-bond acceptors (Lipinski definition) is 13. The average Bonchev–Trinajstić information content (AvgIpc) is 1.72. The van der Waals surface area contributed by atoms with E-state index in [0.29, 0.717) is 0 Å². The zero-order valence-corrected chi connectivity index (χ0v) is 91.9. The number of thioether (sulfide) groups is 1. The van der Waals surface area contributed by atoms with E-state index in [9.17, 15) is 0 Å². The average molecular weight is 2180 g/mol. The monoisotopic (exact) mass is 2180 g/mol. The third-order valence-electron chi connectivity index (χ3n) is 21.8. The van der Waals surface area contributed by atoms with Crippen molar-refractivity contribution in [3.63, 3.8) is 0 Å². The largest absolute Gasteiger partial charge is 1.00 e. The molecule has 20 heteroatoms. The van der Waals surface area contributed by atoms with Crippen molar-refractivity contribution < 1.29 is 71.2 Å². The molecule has 16 rings (SSSR count). The molecule has 4 heterocycles. The molecule has 0 atom stereocenters. The Balaban J connectivity index is 0.000000237. The second-order valence-electron chi connectivity index (χ2n) is 32.4. The molecule has 11 nitrogen and oxygen atoms in total. The summed E-state index contributed by atoms with van der Waals surface area (Å²) in [5.41, 5.74) is 21.7. The molecule has 4 aliphatic rings. The van der Waals surface area contributed by atoms with Crippen molar-refractivity contribution in [2.45, 2.75) is 113 Å². The molecule has 0 aromatic heterocycles. The Hall–Kier alpha value is -8.00. The molecule has 0 aliphatic carbocycles. The fourth-order valence-corrected chi connectivity index (χ4v) is 22.8. The molecule has 0 spiro atoms. The number of ether oxygens (including phenoxy) is 3. The number of methoxy groups -OCH3 is 3. The van der Waals surface area contributed by atoms with Crippen LogP contribution in [0.3, 0.4) is 0 Å². The van der Waals surface area contributed by atoms with Crippen LogP contribution in [-0.2, 0) is 59.8 Å². The van der Waals surface area contributed by atoms with E-state index in [-0.39, 0.29) is 39.7 Å². The Morgan fingerprint density at radius 2 is 0.617 bits per heavy atom. The van der Waals surface area contributed by atoms with Gasteiger partial charge in [-0.05, 0) is 256 Å². The number of benzene rings is 12. The molecule has 0 unspecified atom stereocenters. The van der Waals surface area contributed by atoms with E-state index in [1.807, 2.05) is 77.9 Å². The van der Waals surface area contributed by atoms with E-state index in [1.54, 1.807) is 50.4 Å². The van der Waals surface area contributed by atoms with Crippen LogP contribution in [0, 0.1) is 110 Å². The number of rotatable bonds is 23. The molecule has 12 aromatic rings. The Kier molecular flexibility index (Phi) is 54.2. The van der Waals surface area contributed by atoms with Crippen LogP contribution in [0.2, 0.25) is 0 Å². The quantitative estimate of drug-likeness (QED) is 0.0153. The molecule has 133 heavy (non-hydrogen) atoms. The fraction of sp³-hybridized carbons (Fsp3) is 0.265. The number of nitrogens with zero attached hydrogens (tertiary/aromatic N) is 8. The van der Waals surface area contributed by atoms with Gasteiger partial charge in [-0.15, -0.1) is 0 Å². The second-order valence-corrected chi connectivity index (χ2v) is 42.3. The first-order valence-corrected chi connectivity index (χ1v) is 55.5. The minimum Gasteiger partial charge on any atom is -1.00 e. The van der Waals surface area contributed by atoms with Crippen LogP contribution in [0.5, 0.6) is 0 Å². The Morgan fingerprint density at radius 1 is 0.391 bits per heavy atom. The van der Waals surface area contributed by atoms with Crippen LogP contribution in [-0.4, -0.2) is 124 Å². The van der Waals surface area contributed by atoms with Crippen molar-refractivity contribution in [3.8, 4) is 0 Å². The molecule has 12 aromatic carbocycles. The third-order valence-corrected chi connectivity index (χ3v) is 30.8. The van der Waals surface area contributed by atoms with Crippen molar-refractivity contribution >= 4 is 118 Å². The predicted molar refractivity (Wildman–Crippen MR) is 577 cm³/mol. The predicted octanol–water partition coefficient (Wildman–Crippen LogP) is 21.5. The van der Waals surface area contributed by atoms with Crippen molar-refractivity contribution in [2.75, 3.05) is 120 Å². The Morgan fingerprint density at radius 3 is 0.827 bits per heavy atom. The van der Waals surface area contributed by atoms with Crippen molar-refractivity contribution in [3.05, 3.63) is 421 Å². The molecule has 711 valence electrons. The Bertz CT molecular complexity index is 4810. The van der Waals surface area contributed by atoms with Gasteiger partial charge in [0.1, 0.15) is 39.1 Å². The second kappa shape index (κ2) is 63.4. The van der Waals surface area contributed by atoms with Gasteiger partial charge in [0.05, 0.1) is 34.4 Å². The number of aryl methyl sites for hydroxylation is 12. The first kappa shape index (κ1) is 114. The van der Waals surface area contributed by atoms with Gasteiger partial charge in [0.2, 0.25) is 0 Å². The van der Waals surface area contributed by atoms with Gasteiger partial charge in [-0.1, -0.05) is 254 Å². The molecule has 0 N–H and O–H groups in total. The normalized spacial score (nSPS) is 12.7. The van der Waals surface area contributed by atoms with Crippen LogP contribution in [0.25, 0.3) is 0 Å². The smallest absolute Gasteiger partial charge is 0.102 e. The summed E-state index contributed by atoms with van der Waals surface area (Å²) >= 11 is 8.16. The zero-order chi connectivity index (χ0) is 95.6. The summed E-state index contributed by atoms with van der Waals surface area (Å²) in [5, 5.41) is 10.4. The maximum Gasteiger partial charge on any atom is 0.102 e. The standard InChI is InChI=1S/2C21H27N2.C19H18P.C18H15P.C9H17N2O2.C9H17N2O.C8H8S.C6H6S.C2H4.2ClH.HI.2Ru.H/c2*1-14-9-16(3)20(17(4)10-14)22-7-8-23(13-22)21-18(5)11-15(2)12-19(21)6;1-20(17-11-5-2-6-12-17,18-13-7-3-8-14-18)19-15-9-4-10-16-19;1-4-10-16(11-5-1)19(17-12-6-2-7-13-17)18-14-8-3-9-15-18;1-12-7-5-10-3-4-11(9-10)6-8-13-2;1-3-4-10-5-6-11(9-10)7-8-12-2;1-2-9-8-6-4-3-5-7-8;7-6-4-2-1-3-5-6;1-2;;;;;;/h2*9-13H,7-8H2,1-6H3;2-16H,1H3;1-15H;3-4,9H,5-8H2,1-2H3;5-6,9H,3-4,7-8H2,1-2H3;2-7H,1H2;1-5,7H;1H,2H3;3*1H;;;/q2*-1;+1;;2*-1;;;;;;;+1;+3;/p-3. The summed E-state index contributed by atoms with van der Waals surface area (Å²) in [4.78, 5) is 20.3. The Labute approximate surface area is 855 Å². The number of anilines is 4. The van der Waals surface area contributed by atoms with Crippen LogP contribution < -0.4 is 75.4 Å². The van der Waals surface area contributed by atoms with E-state index in [2.05, 4.69) is 434 Å². The molecule has 2 fully saturated rings. The summed E-state index contributed by atoms with van der Waals surface area (Å²) < 4.78 is 16.9. The molecule has 0 saturated carbocycles. The molecule has 0 bridgehead atoms. The molecule has 2 saturated heterocycles. The van der Waals surface area contributed by atoms with Crippen LogP contribution in [0.15, 0.2) is 338 Å². The first-order chi connectivity index (χ1) is 64.0. The van der Waals surface area contributed by atoms with Gasteiger partial charge < -0.3 is 90.0 Å². The summed E-state index contributed by atoms with van der Waals surface area (Å²) in [6.07, 6.45) is 9.43. The molecular formula is C113H140Cl2IN8O3P2Ru2S2-2. The SMILES string of the molecule is C=CSc1ccccc1.CCCN1C=CN(CCOC)[CH-]1.COCCN1C=CN(CCOC)[CH-]1.C[CH]=[Ru][Cl].C[P+](c1ccccc1)(c1ccccc1)c1ccccc1.Cc1cc(C)c(N2[CH-]N(c3c(C)cc(C)cc3C)CC2)c(C)c1.Cc1cc(C)c(N2[CH-]N(c3c(C)cc(C)cc3C)CC2)c(C)c1.[Cl][RuH+2].[I-].[S-]c1ccccc1.c1ccc([PH+](c2ccccc2)c2ccccc2)cc1.